The Morgan fingerprint density at radius 2 is 1.22 bits per heavy atom. The molecule has 6 atom stereocenters. The van der Waals surface area contributed by atoms with Crippen LogP contribution in [0.25, 0.3) is 0 Å². The highest BCUT2D eigenvalue weighted by Crippen LogP contribution is 2.33. The summed E-state index contributed by atoms with van der Waals surface area (Å²) in [7, 11) is 0. The normalized spacial score (nSPS) is 40.0. The predicted octanol–water partition coefficient (Wildman–Crippen LogP) is 1.62. The highest BCUT2D eigenvalue weighted by molar-refractivity contribution is 4.88. The Morgan fingerprint density at radius 3 is 1.56 bits per heavy atom. The van der Waals surface area contributed by atoms with Gasteiger partial charge in [-0.2, -0.15) is 0 Å². The van der Waals surface area contributed by atoms with Crippen molar-refractivity contribution in [1.82, 2.24) is 0 Å². The third kappa shape index (κ3) is 3.05. The van der Waals surface area contributed by atoms with Crippen LogP contribution in [0.15, 0.2) is 0 Å². The van der Waals surface area contributed by atoms with Crippen molar-refractivity contribution < 1.29 is 19.7 Å². The SMILES string of the molecule is CC[C@@H](O)[C@H]1CC[C@H]([C@H]2CC[C@H]([C@@H](O)CC)O2)O1. The van der Waals surface area contributed by atoms with Crippen LogP contribution in [0.3, 0.4) is 0 Å². The molecule has 2 N–H and O–H groups in total. The number of rotatable bonds is 5. The summed E-state index contributed by atoms with van der Waals surface area (Å²) >= 11 is 0. The molecular weight excluding hydrogens is 232 g/mol. The van der Waals surface area contributed by atoms with Crippen LogP contribution in [-0.2, 0) is 9.47 Å². The second-order valence-electron chi connectivity index (χ2n) is 5.53. The van der Waals surface area contributed by atoms with Gasteiger partial charge >= 0.3 is 0 Å². The van der Waals surface area contributed by atoms with Gasteiger partial charge in [-0.15, -0.1) is 0 Å². The maximum Gasteiger partial charge on any atom is 0.0842 e. The van der Waals surface area contributed by atoms with Gasteiger partial charge in [-0.25, -0.2) is 0 Å². The summed E-state index contributed by atoms with van der Waals surface area (Å²) in [5.41, 5.74) is 0. The molecule has 18 heavy (non-hydrogen) atoms. The van der Waals surface area contributed by atoms with Crippen molar-refractivity contribution in [2.24, 2.45) is 0 Å². The first-order valence-corrected chi connectivity index (χ1v) is 7.32. The summed E-state index contributed by atoms with van der Waals surface area (Å²) in [6.07, 6.45) is 4.67. The summed E-state index contributed by atoms with van der Waals surface area (Å²) in [4.78, 5) is 0. The average molecular weight is 258 g/mol. The van der Waals surface area contributed by atoms with Crippen molar-refractivity contribution in [3.8, 4) is 0 Å². The van der Waals surface area contributed by atoms with Gasteiger partial charge in [-0.1, -0.05) is 13.8 Å². The molecule has 0 radical (unpaired) electrons. The molecule has 0 spiro atoms. The fourth-order valence-corrected chi connectivity index (χ4v) is 3.02. The molecule has 0 saturated carbocycles. The van der Waals surface area contributed by atoms with Gasteiger partial charge in [0, 0.05) is 0 Å². The monoisotopic (exact) mass is 258 g/mol. The number of hydrogen-bond donors (Lipinski definition) is 2. The Balaban J connectivity index is 1.81. The van der Waals surface area contributed by atoms with Crippen LogP contribution >= 0.6 is 0 Å². The second-order valence-corrected chi connectivity index (χ2v) is 5.53. The summed E-state index contributed by atoms with van der Waals surface area (Å²) in [5, 5.41) is 19.6. The average Bonchev–Trinajstić information content (AvgIpc) is 3.04. The first-order valence-electron chi connectivity index (χ1n) is 7.32. The van der Waals surface area contributed by atoms with Crippen LogP contribution in [0.4, 0.5) is 0 Å². The van der Waals surface area contributed by atoms with Crippen molar-refractivity contribution in [2.45, 2.75) is 89.0 Å². The highest BCUT2D eigenvalue weighted by atomic mass is 16.6. The molecule has 0 unspecified atom stereocenters. The molecule has 106 valence electrons. The van der Waals surface area contributed by atoms with E-state index in [4.69, 9.17) is 9.47 Å². The molecule has 0 aromatic rings. The molecule has 0 bridgehead atoms. The van der Waals surface area contributed by atoms with E-state index in [1.165, 1.54) is 0 Å². The summed E-state index contributed by atoms with van der Waals surface area (Å²) < 4.78 is 11.8. The van der Waals surface area contributed by atoms with Crippen molar-refractivity contribution in [3.05, 3.63) is 0 Å². The molecular formula is C14H26O4. The lowest BCUT2D eigenvalue weighted by Crippen LogP contribution is -2.32. The molecule has 2 fully saturated rings. The van der Waals surface area contributed by atoms with E-state index >= 15 is 0 Å². The number of ether oxygens (including phenoxy) is 2. The van der Waals surface area contributed by atoms with Crippen LogP contribution in [0.5, 0.6) is 0 Å². The van der Waals surface area contributed by atoms with Crippen LogP contribution in [0.1, 0.15) is 52.4 Å². The smallest absolute Gasteiger partial charge is 0.0842 e. The Morgan fingerprint density at radius 1 is 0.833 bits per heavy atom. The molecule has 2 saturated heterocycles. The second kappa shape index (κ2) is 6.33. The first-order chi connectivity index (χ1) is 8.65. The Labute approximate surface area is 109 Å². The van der Waals surface area contributed by atoms with Crippen molar-refractivity contribution in [2.75, 3.05) is 0 Å². The summed E-state index contributed by atoms with van der Waals surface area (Å²) in [6.45, 7) is 3.95. The fourth-order valence-electron chi connectivity index (χ4n) is 3.02. The van der Waals surface area contributed by atoms with Gasteiger partial charge < -0.3 is 19.7 Å². The van der Waals surface area contributed by atoms with Gasteiger partial charge in [-0.3, -0.25) is 0 Å². The van der Waals surface area contributed by atoms with Crippen LogP contribution in [0, 0.1) is 0 Å². The van der Waals surface area contributed by atoms with E-state index in [9.17, 15) is 10.2 Å². The number of aliphatic hydroxyl groups excluding tert-OH is 2. The van der Waals surface area contributed by atoms with E-state index in [0.717, 1.165) is 38.5 Å². The van der Waals surface area contributed by atoms with Gasteiger partial charge in [0.25, 0.3) is 0 Å². The molecule has 0 aromatic carbocycles. The Hall–Kier alpha value is -0.160. The van der Waals surface area contributed by atoms with Gasteiger partial charge in [0.05, 0.1) is 36.6 Å². The van der Waals surface area contributed by atoms with Gasteiger partial charge in [0.2, 0.25) is 0 Å². The van der Waals surface area contributed by atoms with Gasteiger partial charge in [-0.05, 0) is 38.5 Å². The van der Waals surface area contributed by atoms with E-state index in [0.29, 0.717) is 0 Å². The minimum atomic E-state index is -0.353. The third-order valence-corrected chi connectivity index (χ3v) is 4.28. The van der Waals surface area contributed by atoms with E-state index in [1.54, 1.807) is 0 Å². The fraction of sp³-hybridized carbons (Fsp3) is 1.00. The molecule has 2 aliphatic heterocycles. The minimum absolute atomic E-state index is 0.0289. The quantitative estimate of drug-likeness (QED) is 0.787. The minimum Gasteiger partial charge on any atom is -0.390 e. The number of hydrogen-bond acceptors (Lipinski definition) is 4. The maximum absolute atomic E-state index is 9.79. The van der Waals surface area contributed by atoms with Crippen molar-refractivity contribution >= 4 is 0 Å². The predicted molar refractivity (Wildman–Crippen MR) is 68.4 cm³/mol. The number of aliphatic hydroxyl groups is 2. The maximum atomic E-state index is 9.79. The molecule has 2 rings (SSSR count). The lowest BCUT2D eigenvalue weighted by Gasteiger charge is -2.23. The van der Waals surface area contributed by atoms with E-state index in [2.05, 4.69) is 0 Å². The third-order valence-electron chi connectivity index (χ3n) is 4.28. The zero-order valence-electron chi connectivity index (χ0n) is 11.4. The largest absolute Gasteiger partial charge is 0.390 e. The molecule has 0 aromatic heterocycles. The molecule has 4 heteroatoms. The first kappa shape index (κ1) is 14.3. The van der Waals surface area contributed by atoms with E-state index < -0.39 is 0 Å². The van der Waals surface area contributed by atoms with Crippen LogP contribution in [-0.4, -0.2) is 46.8 Å². The van der Waals surface area contributed by atoms with E-state index in [-0.39, 0.29) is 36.6 Å². The molecule has 0 aliphatic carbocycles. The highest BCUT2D eigenvalue weighted by Gasteiger charge is 2.40. The van der Waals surface area contributed by atoms with Crippen molar-refractivity contribution in [3.63, 3.8) is 0 Å². The lowest BCUT2D eigenvalue weighted by molar-refractivity contribution is -0.109. The Bertz CT molecular complexity index is 232. The van der Waals surface area contributed by atoms with Crippen molar-refractivity contribution in [1.29, 1.82) is 0 Å². The molecule has 2 heterocycles. The summed E-state index contributed by atoms with van der Waals surface area (Å²) in [6, 6.07) is 0. The standard InChI is InChI=1S/C14H26O4/c1-3-9(15)11-5-7-13(17-11)14-8-6-12(18-14)10(16)4-2/h9-16H,3-8H2,1-2H3/t9-,10+,11-,12-,13-,14-/m1/s1. The topological polar surface area (TPSA) is 58.9 Å². The molecule has 4 nitrogen and oxygen atoms in total. The zero-order valence-corrected chi connectivity index (χ0v) is 11.4. The van der Waals surface area contributed by atoms with Crippen LogP contribution in [0.2, 0.25) is 0 Å². The van der Waals surface area contributed by atoms with Gasteiger partial charge in [0.1, 0.15) is 0 Å². The van der Waals surface area contributed by atoms with Crippen LogP contribution < -0.4 is 0 Å². The zero-order chi connectivity index (χ0) is 13.1. The summed E-state index contributed by atoms with van der Waals surface area (Å²) in [5.74, 6) is 0. The molecule has 2 aliphatic rings. The molecule has 0 amide bonds. The van der Waals surface area contributed by atoms with Gasteiger partial charge in [0.15, 0.2) is 0 Å². The van der Waals surface area contributed by atoms with E-state index in [1.807, 2.05) is 13.8 Å². The Kier molecular flexibility index (Phi) is 5.01. The lowest BCUT2D eigenvalue weighted by atomic mass is 10.0.